The average molecular weight is 1540 g/mol. The molecule has 1 aromatic heterocycles. The van der Waals surface area contributed by atoms with Gasteiger partial charge in [0.25, 0.3) is 0 Å². The molecule has 3 heteroatoms. The number of fused-ring (bicyclic) bond motifs is 18. The van der Waals surface area contributed by atoms with Crippen molar-refractivity contribution in [1.29, 1.82) is 0 Å². The van der Waals surface area contributed by atoms with Crippen molar-refractivity contribution in [2.75, 3.05) is 9.80 Å². The first kappa shape index (κ1) is 70.2. The van der Waals surface area contributed by atoms with Crippen molar-refractivity contribution >= 4 is 152 Å². The van der Waals surface area contributed by atoms with Crippen LogP contribution in [0.3, 0.4) is 0 Å². The molecule has 0 N–H and O–H groups in total. The van der Waals surface area contributed by atoms with Gasteiger partial charge in [-0.05, 0) is 214 Å². The molecular weight excluding hydrogens is 1470 g/mol. The maximum atomic E-state index is 2.50. The fourth-order valence-electron chi connectivity index (χ4n) is 20.0. The van der Waals surface area contributed by atoms with E-state index in [1.165, 1.54) is 196 Å². The second-order valence-electron chi connectivity index (χ2n) is 31.5. The fraction of sp³-hybridized carbons (Fsp3) is 0.00855. The summed E-state index contributed by atoms with van der Waals surface area (Å²) in [6, 6.07) is 170. The molecule has 0 amide bonds. The Morgan fingerprint density at radius 2 is 0.508 bits per heavy atom. The number of benzene rings is 22. The fourth-order valence-corrected chi connectivity index (χ4v) is 21.2. The number of hydrogen-bond donors (Lipinski definition) is 0. The van der Waals surface area contributed by atoms with E-state index in [9.17, 15) is 0 Å². The average Bonchev–Trinajstić information content (AvgIpc) is 1.58. The van der Waals surface area contributed by atoms with Gasteiger partial charge in [0, 0.05) is 43.3 Å². The Morgan fingerprint density at radius 3 is 0.975 bits per heavy atom. The molecule has 1 aliphatic rings. The lowest BCUT2D eigenvalue weighted by molar-refractivity contribution is 0.768. The van der Waals surface area contributed by atoms with Gasteiger partial charge >= 0.3 is 0 Å². The summed E-state index contributed by atoms with van der Waals surface area (Å²) >= 11 is 1.88. The van der Waals surface area contributed by atoms with Crippen molar-refractivity contribution in [2.45, 2.75) is 5.41 Å². The van der Waals surface area contributed by atoms with Crippen molar-refractivity contribution in [3.8, 4) is 55.6 Å². The molecule has 0 saturated carbocycles. The second-order valence-corrected chi connectivity index (χ2v) is 32.6. The Kier molecular flexibility index (Phi) is 17.1. The van der Waals surface area contributed by atoms with Gasteiger partial charge < -0.3 is 9.80 Å². The van der Waals surface area contributed by atoms with Gasteiger partial charge in [-0.2, -0.15) is 0 Å². The molecule has 23 aromatic rings. The third-order valence-corrected chi connectivity index (χ3v) is 26.3. The monoisotopic (exact) mass is 1540 g/mol. The summed E-state index contributed by atoms with van der Waals surface area (Å²) in [5, 5.41) is 22.6. The first-order valence-electron chi connectivity index (χ1n) is 41.4. The van der Waals surface area contributed by atoms with E-state index >= 15 is 0 Å². The number of anilines is 6. The summed E-state index contributed by atoms with van der Waals surface area (Å²) in [6.07, 6.45) is 0. The van der Waals surface area contributed by atoms with Crippen molar-refractivity contribution in [1.82, 2.24) is 0 Å². The maximum absolute atomic E-state index is 2.50. The Labute approximate surface area is 700 Å². The van der Waals surface area contributed by atoms with Gasteiger partial charge in [0.15, 0.2) is 0 Å². The third kappa shape index (κ3) is 11.4. The Bertz CT molecular complexity index is 7910. The van der Waals surface area contributed by atoms with Gasteiger partial charge in [-0.3, -0.25) is 0 Å². The highest BCUT2D eigenvalue weighted by atomic mass is 32.1. The van der Waals surface area contributed by atoms with Crippen LogP contribution in [0.25, 0.3) is 162 Å². The molecular formula is C117H76N2S. The van der Waals surface area contributed by atoms with Crippen LogP contribution in [-0.2, 0) is 5.41 Å². The molecule has 1 aliphatic carbocycles. The van der Waals surface area contributed by atoms with E-state index in [2.05, 4.69) is 471 Å². The molecule has 560 valence electrons. The first-order chi connectivity index (χ1) is 59.6. The minimum atomic E-state index is -0.531. The van der Waals surface area contributed by atoms with Gasteiger partial charge in [0.2, 0.25) is 0 Å². The molecule has 1 heterocycles. The Morgan fingerprint density at radius 1 is 0.183 bits per heavy atom. The van der Waals surface area contributed by atoms with E-state index in [0.29, 0.717) is 0 Å². The zero-order valence-electron chi connectivity index (χ0n) is 65.7. The largest absolute Gasteiger partial charge is 0.310 e. The van der Waals surface area contributed by atoms with Crippen LogP contribution in [0, 0.1) is 0 Å². The molecule has 0 spiro atoms. The maximum Gasteiger partial charge on any atom is 0.0714 e. The Hall–Kier alpha value is -15.3. The topological polar surface area (TPSA) is 6.48 Å². The van der Waals surface area contributed by atoms with Crippen molar-refractivity contribution in [2.24, 2.45) is 0 Å². The van der Waals surface area contributed by atoms with Gasteiger partial charge in [-0.25, -0.2) is 0 Å². The van der Waals surface area contributed by atoms with Crippen LogP contribution < -0.4 is 9.80 Å². The van der Waals surface area contributed by atoms with Gasteiger partial charge in [-0.15, -0.1) is 11.3 Å². The van der Waals surface area contributed by atoms with Crippen LogP contribution in [0.5, 0.6) is 0 Å². The molecule has 0 atom stereocenters. The standard InChI is InChI=1S/C65H43N.C52H33NS/c1-4-20-44(21-5-1)63-58-33-16-13-29-53(58)54-30-14-17-34-59(54)64(63)45-36-38-49(39-37-45)66(62-42-46-22-10-11-27-51(46)52-28-12-15-32-57(52)62)50-40-41-56-55-31-18-19-35-60(55)65(61(56)43-50,47-23-6-2-7-24-47)48-25-8-3-9-26-48;1-2-15-34(16-3-1)50-44-24-10-7-20-40(44)41-21-8-11-25-45(41)51(50)35-29-31-37(32-30-35)53(47-27-14-26-46-43-23-12-13-28-49(43)54-52(46)47)48-33-36-17-4-5-18-38(36)39-19-6-9-22-42(39)48/h1-43H;1-33H. The van der Waals surface area contributed by atoms with Crippen molar-refractivity contribution in [3.63, 3.8) is 0 Å². The Balaban J connectivity index is 0.000000143. The minimum Gasteiger partial charge on any atom is -0.310 e. The smallest absolute Gasteiger partial charge is 0.0714 e. The zero-order valence-corrected chi connectivity index (χ0v) is 66.5. The van der Waals surface area contributed by atoms with Crippen LogP contribution in [-0.4, -0.2) is 0 Å². The van der Waals surface area contributed by atoms with Crippen molar-refractivity contribution < 1.29 is 0 Å². The minimum absolute atomic E-state index is 0.531. The quantitative estimate of drug-likeness (QED) is 0.113. The van der Waals surface area contributed by atoms with Crippen LogP contribution in [0.2, 0.25) is 0 Å². The number of hydrogen-bond acceptors (Lipinski definition) is 3. The molecule has 0 aliphatic heterocycles. The lowest BCUT2D eigenvalue weighted by atomic mass is 9.67. The predicted molar refractivity (Wildman–Crippen MR) is 514 cm³/mol. The summed E-state index contributed by atoms with van der Waals surface area (Å²) < 4.78 is 2.59. The highest BCUT2D eigenvalue weighted by Gasteiger charge is 2.46. The predicted octanol–water partition coefficient (Wildman–Crippen LogP) is 32.9. The highest BCUT2D eigenvalue weighted by molar-refractivity contribution is 7.26. The lowest BCUT2D eigenvalue weighted by Crippen LogP contribution is -2.28. The molecule has 0 saturated heterocycles. The van der Waals surface area contributed by atoms with Crippen LogP contribution in [0.1, 0.15) is 22.3 Å². The number of rotatable bonds is 12. The first-order valence-corrected chi connectivity index (χ1v) is 42.3. The molecule has 0 radical (unpaired) electrons. The summed E-state index contributed by atoms with van der Waals surface area (Å²) in [5.74, 6) is 0. The summed E-state index contributed by atoms with van der Waals surface area (Å²) in [7, 11) is 0. The normalized spacial score (nSPS) is 12.2. The SMILES string of the molecule is c1ccc(-c2c(-c3ccc(N(c4cc5ccccc5c5ccccc45)c4cccc5c4sc4ccccc45)cc3)c3ccccc3c3ccccc23)cc1.c1ccc(-c2c(-c3ccc(N(c4ccc5c(c4)C(c4ccccc4)(c4ccccc4)c4ccccc4-5)c4cc5ccccc5c5ccccc45)cc3)c3ccccc3c3ccccc23)cc1. The molecule has 24 rings (SSSR count). The highest BCUT2D eigenvalue weighted by Crippen LogP contribution is 2.59. The van der Waals surface area contributed by atoms with Crippen LogP contribution in [0.4, 0.5) is 34.1 Å². The van der Waals surface area contributed by atoms with E-state index < -0.39 is 5.41 Å². The lowest BCUT2D eigenvalue weighted by Gasteiger charge is -2.35. The molecule has 0 fully saturated rings. The van der Waals surface area contributed by atoms with E-state index in [4.69, 9.17) is 0 Å². The summed E-state index contributed by atoms with van der Waals surface area (Å²) in [5.41, 5.74) is 23.7. The summed E-state index contributed by atoms with van der Waals surface area (Å²) in [4.78, 5) is 4.99. The second kappa shape index (κ2) is 29.2. The molecule has 2 nitrogen and oxygen atoms in total. The van der Waals surface area contributed by atoms with E-state index in [1.807, 2.05) is 11.3 Å². The van der Waals surface area contributed by atoms with Gasteiger partial charge in [0.05, 0.1) is 27.2 Å². The summed E-state index contributed by atoms with van der Waals surface area (Å²) in [6.45, 7) is 0. The zero-order chi connectivity index (χ0) is 79.2. The van der Waals surface area contributed by atoms with Crippen LogP contribution >= 0.6 is 11.3 Å². The third-order valence-electron chi connectivity index (χ3n) is 25.1. The molecule has 22 aromatic carbocycles. The molecule has 120 heavy (non-hydrogen) atoms. The van der Waals surface area contributed by atoms with Crippen molar-refractivity contribution in [3.05, 3.63) is 483 Å². The van der Waals surface area contributed by atoms with E-state index in [1.54, 1.807) is 0 Å². The number of thiophene rings is 1. The van der Waals surface area contributed by atoms with Crippen LogP contribution in [0.15, 0.2) is 461 Å². The van der Waals surface area contributed by atoms with E-state index in [-0.39, 0.29) is 0 Å². The molecule has 0 unspecified atom stereocenters. The van der Waals surface area contributed by atoms with Gasteiger partial charge in [0.1, 0.15) is 0 Å². The van der Waals surface area contributed by atoms with E-state index in [0.717, 1.165) is 22.7 Å². The van der Waals surface area contributed by atoms with Gasteiger partial charge in [-0.1, -0.05) is 400 Å². The molecule has 0 bridgehead atoms. The number of nitrogens with zero attached hydrogens (tertiary/aromatic N) is 2.